The van der Waals surface area contributed by atoms with E-state index in [4.69, 9.17) is 0 Å². The van der Waals surface area contributed by atoms with E-state index in [-0.39, 0.29) is 5.82 Å². The number of aliphatic imine (C=N–C) groups is 1. The van der Waals surface area contributed by atoms with Gasteiger partial charge in [0.1, 0.15) is 5.82 Å². The van der Waals surface area contributed by atoms with Gasteiger partial charge in [-0.1, -0.05) is 6.07 Å². The third-order valence-electron chi connectivity index (χ3n) is 3.88. The van der Waals surface area contributed by atoms with E-state index in [2.05, 4.69) is 38.1 Å². The first kappa shape index (κ1) is 16.5. The fraction of sp³-hybridized carbons (Fsp3) is 0.278. The Morgan fingerprint density at radius 3 is 2.79 bits per heavy atom. The molecule has 1 aromatic carbocycles. The van der Waals surface area contributed by atoms with Crippen LogP contribution in [0.25, 0.3) is 10.9 Å². The SMILES string of the molecule is CN=C(NCCc1cccs1)NCCc1c[nH]c2ccc(F)cc12. The van der Waals surface area contributed by atoms with Crippen molar-refractivity contribution in [3.05, 3.63) is 58.2 Å². The highest BCUT2D eigenvalue weighted by atomic mass is 32.1. The first-order valence-electron chi connectivity index (χ1n) is 7.98. The van der Waals surface area contributed by atoms with Gasteiger partial charge in [0.15, 0.2) is 5.96 Å². The van der Waals surface area contributed by atoms with Crippen LogP contribution in [-0.4, -0.2) is 31.1 Å². The molecule has 0 radical (unpaired) electrons. The Bertz CT molecular complexity index is 808. The van der Waals surface area contributed by atoms with E-state index in [1.165, 1.54) is 10.9 Å². The lowest BCUT2D eigenvalue weighted by Gasteiger charge is -2.11. The van der Waals surface area contributed by atoms with Crippen LogP contribution in [0.15, 0.2) is 46.9 Å². The van der Waals surface area contributed by atoms with E-state index in [0.29, 0.717) is 0 Å². The zero-order valence-electron chi connectivity index (χ0n) is 13.6. The molecule has 0 bridgehead atoms. The number of H-pyrrole nitrogens is 1. The molecule has 0 atom stereocenters. The second-order valence-electron chi connectivity index (χ2n) is 5.51. The molecule has 2 heterocycles. The van der Waals surface area contributed by atoms with Gasteiger partial charge in [0.2, 0.25) is 0 Å². The molecule has 0 amide bonds. The first-order valence-corrected chi connectivity index (χ1v) is 8.86. The molecule has 2 aromatic heterocycles. The maximum atomic E-state index is 13.4. The summed E-state index contributed by atoms with van der Waals surface area (Å²) in [7, 11) is 1.77. The van der Waals surface area contributed by atoms with E-state index >= 15 is 0 Å². The van der Waals surface area contributed by atoms with Gasteiger partial charge in [0.05, 0.1) is 0 Å². The molecule has 126 valence electrons. The quantitative estimate of drug-likeness (QED) is 0.475. The van der Waals surface area contributed by atoms with Crippen molar-refractivity contribution in [3.8, 4) is 0 Å². The normalized spacial score (nSPS) is 11.8. The average Bonchev–Trinajstić information content (AvgIpc) is 3.23. The second-order valence-corrected chi connectivity index (χ2v) is 6.54. The summed E-state index contributed by atoms with van der Waals surface area (Å²) in [4.78, 5) is 8.77. The number of nitrogens with zero attached hydrogens (tertiary/aromatic N) is 1. The third-order valence-corrected chi connectivity index (χ3v) is 4.82. The smallest absolute Gasteiger partial charge is 0.190 e. The van der Waals surface area contributed by atoms with Crippen molar-refractivity contribution in [2.75, 3.05) is 20.1 Å². The fourth-order valence-electron chi connectivity index (χ4n) is 2.65. The van der Waals surface area contributed by atoms with Crippen LogP contribution < -0.4 is 10.6 Å². The van der Waals surface area contributed by atoms with Crippen molar-refractivity contribution in [1.29, 1.82) is 0 Å². The van der Waals surface area contributed by atoms with Crippen LogP contribution in [0, 0.1) is 5.82 Å². The Hall–Kier alpha value is -2.34. The summed E-state index contributed by atoms with van der Waals surface area (Å²) in [6.07, 6.45) is 3.73. The highest BCUT2D eigenvalue weighted by molar-refractivity contribution is 7.09. The molecule has 0 aliphatic rings. The highest BCUT2D eigenvalue weighted by Crippen LogP contribution is 2.19. The maximum Gasteiger partial charge on any atom is 0.190 e. The molecule has 3 rings (SSSR count). The van der Waals surface area contributed by atoms with Crippen molar-refractivity contribution in [3.63, 3.8) is 0 Å². The summed E-state index contributed by atoms with van der Waals surface area (Å²) < 4.78 is 13.4. The van der Waals surface area contributed by atoms with Gasteiger partial charge in [-0.05, 0) is 48.1 Å². The molecule has 0 unspecified atom stereocenters. The zero-order valence-corrected chi connectivity index (χ0v) is 14.4. The fourth-order valence-corrected chi connectivity index (χ4v) is 3.36. The van der Waals surface area contributed by atoms with Crippen molar-refractivity contribution in [2.45, 2.75) is 12.8 Å². The Labute approximate surface area is 144 Å². The van der Waals surface area contributed by atoms with E-state index in [9.17, 15) is 4.39 Å². The summed E-state index contributed by atoms with van der Waals surface area (Å²) >= 11 is 1.77. The minimum atomic E-state index is -0.206. The van der Waals surface area contributed by atoms with Crippen LogP contribution in [0.1, 0.15) is 10.4 Å². The standard InChI is InChI=1S/C18H21FN4S/c1-20-18(22-9-7-15-3-2-10-24-15)21-8-6-13-12-23-17-5-4-14(19)11-16(13)17/h2-5,10-12,23H,6-9H2,1H3,(H2,20,21,22). The predicted molar refractivity (Wildman–Crippen MR) is 99.3 cm³/mol. The maximum absolute atomic E-state index is 13.4. The van der Waals surface area contributed by atoms with E-state index in [0.717, 1.165) is 48.4 Å². The summed E-state index contributed by atoms with van der Waals surface area (Å²) in [6.45, 7) is 1.58. The van der Waals surface area contributed by atoms with Crippen LogP contribution in [0.5, 0.6) is 0 Å². The van der Waals surface area contributed by atoms with Gasteiger partial charge < -0.3 is 15.6 Å². The minimum Gasteiger partial charge on any atom is -0.361 e. The van der Waals surface area contributed by atoms with E-state index in [1.54, 1.807) is 30.5 Å². The van der Waals surface area contributed by atoms with Gasteiger partial charge in [-0.25, -0.2) is 4.39 Å². The molecule has 3 N–H and O–H groups in total. The number of nitrogens with one attached hydrogen (secondary N) is 3. The minimum absolute atomic E-state index is 0.206. The number of aromatic nitrogens is 1. The largest absolute Gasteiger partial charge is 0.361 e. The van der Waals surface area contributed by atoms with Gasteiger partial charge in [-0.2, -0.15) is 0 Å². The van der Waals surface area contributed by atoms with Crippen molar-refractivity contribution in [2.24, 2.45) is 4.99 Å². The number of fused-ring (bicyclic) bond motifs is 1. The topological polar surface area (TPSA) is 52.2 Å². The summed E-state index contributed by atoms with van der Waals surface area (Å²) in [5, 5.41) is 9.65. The number of aromatic amines is 1. The number of thiophene rings is 1. The Balaban J connectivity index is 1.48. The lowest BCUT2D eigenvalue weighted by atomic mass is 10.1. The zero-order chi connectivity index (χ0) is 16.8. The molecule has 0 spiro atoms. The van der Waals surface area contributed by atoms with Crippen LogP contribution in [0.3, 0.4) is 0 Å². The van der Waals surface area contributed by atoms with Gasteiger partial charge in [-0.15, -0.1) is 11.3 Å². The molecular weight excluding hydrogens is 323 g/mol. The average molecular weight is 344 g/mol. The number of benzene rings is 1. The van der Waals surface area contributed by atoms with Crippen LogP contribution in [0.2, 0.25) is 0 Å². The number of guanidine groups is 1. The lowest BCUT2D eigenvalue weighted by Crippen LogP contribution is -2.39. The number of rotatable bonds is 6. The Kier molecular flexibility index (Phi) is 5.48. The monoisotopic (exact) mass is 344 g/mol. The number of halogens is 1. The molecule has 0 aliphatic heterocycles. The van der Waals surface area contributed by atoms with Crippen molar-refractivity contribution in [1.82, 2.24) is 15.6 Å². The van der Waals surface area contributed by atoms with Gasteiger partial charge in [0, 0.05) is 42.1 Å². The van der Waals surface area contributed by atoms with Gasteiger partial charge in [0.25, 0.3) is 0 Å². The Morgan fingerprint density at radius 1 is 1.21 bits per heavy atom. The summed E-state index contributed by atoms with van der Waals surface area (Å²) in [5.41, 5.74) is 2.07. The number of hydrogen-bond donors (Lipinski definition) is 3. The lowest BCUT2D eigenvalue weighted by molar-refractivity contribution is 0.629. The Morgan fingerprint density at radius 2 is 2.04 bits per heavy atom. The highest BCUT2D eigenvalue weighted by Gasteiger charge is 2.05. The molecule has 4 nitrogen and oxygen atoms in total. The third kappa shape index (κ3) is 4.14. The first-order chi connectivity index (χ1) is 11.8. The molecule has 6 heteroatoms. The van der Waals surface area contributed by atoms with Crippen molar-refractivity contribution < 1.29 is 4.39 Å². The molecular formula is C18H21FN4S. The molecule has 24 heavy (non-hydrogen) atoms. The summed E-state index contributed by atoms with van der Waals surface area (Å²) in [5.74, 6) is 0.583. The molecule has 0 fully saturated rings. The van der Waals surface area contributed by atoms with E-state index in [1.807, 2.05) is 6.20 Å². The molecule has 3 aromatic rings. The van der Waals surface area contributed by atoms with Gasteiger partial charge >= 0.3 is 0 Å². The number of hydrogen-bond acceptors (Lipinski definition) is 2. The molecule has 0 saturated carbocycles. The van der Waals surface area contributed by atoms with Crippen LogP contribution >= 0.6 is 11.3 Å². The van der Waals surface area contributed by atoms with Gasteiger partial charge in [-0.3, -0.25) is 4.99 Å². The van der Waals surface area contributed by atoms with E-state index < -0.39 is 0 Å². The second kappa shape index (κ2) is 7.97. The van der Waals surface area contributed by atoms with Crippen LogP contribution in [-0.2, 0) is 12.8 Å². The molecule has 0 saturated heterocycles. The molecule has 0 aliphatic carbocycles. The predicted octanol–water partition coefficient (Wildman–Crippen LogP) is 3.32. The van der Waals surface area contributed by atoms with Crippen LogP contribution in [0.4, 0.5) is 4.39 Å². The summed E-state index contributed by atoms with van der Waals surface area (Å²) in [6, 6.07) is 9.03. The van der Waals surface area contributed by atoms with Crippen molar-refractivity contribution >= 4 is 28.2 Å².